The molecule has 0 aromatic heterocycles. The van der Waals surface area contributed by atoms with Crippen molar-refractivity contribution in [1.29, 1.82) is 0 Å². The van der Waals surface area contributed by atoms with Gasteiger partial charge in [-0.15, -0.1) is 11.6 Å². The third-order valence-electron chi connectivity index (χ3n) is 2.34. The molecule has 0 aliphatic rings. The minimum Gasteiger partial charge on any atom is -0.326 e. The van der Waals surface area contributed by atoms with Crippen molar-refractivity contribution in [2.24, 2.45) is 5.92 Å². The Morgan fingerprint density at radius 1 is 1.31 bits per heavy atom. The lowest BCUT2D eigenvalue weighted by Gasteiger charge is -2.07. The van der Waals surface area contributed by atoms with Crippen LogP contribution in [0.15, 0.2) is 24.3 Å². The van der Waals surface area contributed by atoms with Crippen molar-refractivity contribution in [3.05, 3.63) is 29.8 Å². The maximum Gasteiger partial charge on any atom is 0.224 e. The summed E-state index contributed by atoms with van der Waals surface area (Å²) in [5, 5.41) is 2.87. The summed E-state index contributed by atoms with van der Waals surface area (Å²) in [7, 11) is 0. The quantitative estimate of drug-likeness (QED) is 0.778. The van der Waals surface area contributed by atoms with Gasteiger partial charge >= 0.3 is 0 Å². The summed E-state index contributed by atoms with van der Waals surface area (Å²) in [4.78, 5) is 11.5. The first-order chi connectivity index (χ1) is 7.61. The van der Waals surface area contributed by atoms with Gasteiger partial charge < -0.3 is 5.32 Å². The number of carbonyl (C=O) groups excluding carboxylic acids is 1. The molecule has 16 heavy (non-hydrogen) atoms. The maximum absolute atomic E-state index is 11.5. The largest absolute Gasteiger partial charge is 0.326 e. The van der Waals surface area contributed by atoms with E-state index in [0.29, 0.717) is 18.2 Å². The Bertz CT molecular complexity index is 332. The van der Waals surface area contributed by atoms with Crippen molar-refractivity contribution in [3.63, 3.8) is 0 Å². The summed E-state index contributed by atoms with van der Waals surface area (Å²) < 4.78 is 0. The van der Waals surface area contributed by atoms with Gasteiger partial charge in [-0.3, -0.25) is 4.79 Å². The Morgan fingerprint density at radius 3 is 2.44 bits per heavy atom. The van der Waals surface area contributed by atoms with Crippen LogP contribution in [0.3, 0.4) is 0 Å². The Kier molecular flexibility index (Phi) is 5.33. The monoisotopic (exact) mass is 239 g/mol. The van der Waals surface area contributed by atoms with Gasteiger partial charge in [0, 0.05) is 18.0 Å². The first-order valence-corrected chi connectivity index (χ1v) is 6.10. The molecule has 0 atom stereocenters. The predicted molar refractivity (Wildman–Crippen MR) is 68.7 cm³/mol. The summed E-state index contributed by atoms with van der Waals surface area (Å²) in [6, 6.07) is 7.60. The number of carbonyl (C=O) groups is 1. The Hall–Kier alpha value is -1.02. The fraction of sp³-hybridized carbons (Fsp3) is 0.462. The van der Waals surface area contributed by atoms with E-state index in [-0.39, 0.29) is 5.91 Å². The zero-order valence-corrected chi connectivity index (χ0v) is 10.6. The van der Waals surface area contributed by atoms with Crippen LogP contribution in [0.1, 0.15) is 32.3 Å². The highest BCUT2D eigenvalue weighted by Gasteiger charge is 2.03. The van der Waals surface area contributed by atoms with E-state index < -0.39 is 0 Å². The lowest BCUT2D eigenvalue weighted by molar-refractivity contribution is -0.116. The van der Waals surface area contributed by atoms with Crippen LogP contribution in [0.5, 0.6) is 0 Å². The number of anilines is 1. The molecule has 0 spiro atoms. The molecular formula is C13H18ClNO. The van der Waals surface area contributed by atoms with Crippen molar-refractivity contribution in [1.82, 2.24) is 0 Å². The van der Waals surface area contributed by atoms with Crippen LogP contribution in [-0.2, 0) is 10.7 Å². The topological polar surface area (TPSA) is 29.1 Å². The van der Waals surface area contributed by atoms with Crippen molar-refractivity contribution < 1.29 is 4.79 Å². The summed E-state index contributed by atoms with van der Waals surface area (Å²) in [6.07, 6.45) is 1.50. The molecule has 1 aromatic rings. The Labute approximate surface area is 102 Å². The fourth-order valence-corrected chi connectivity index (χ4v) is 1.50. The molecule has 0 radical (unpaired) electrons. The molecule has 0 fully saturated rings. The maximum atomic E-state index is 11.5. The van der Waals surface area contributed by atoms with E-state index >= 15 is 0 Å². The second-order valence-corrected chi connectivity index (χ2v) is 4.58. The van der Waals surface area contributed by atoms with Crippen molar-refractivity contribution in [2.45, 2.75) is 32.6 Å². The number of halogens is 1. The molecule has 0 heterocycles. The molecule has 0 saturated heterocycles. The highest BCUT2D eigenvalue weighted by Crippen LogP contribution is 2.12. The highest BCUT2D eigenvalue weighted by molar-refractivity contribution is 6.17. The van der Waals surface area contributed by atoms with Crippen LogP contribution in [0.25, 0.3) is 0 Å². The van der Waals surface area contributed by atoms with Gasteiger partial charge in [0.05, 0.1) is 0 Å². The standard InChI is InChI=1S/C13H18ClNO/c1-10(2)3-8-13(16)15-12-6-4-11(9-14)5-7-12/h4-7,10H,3,8-9H2,1-2H3,(H,15,16). The van der Waals surface area contributed by atoms with Crippen LogP contribution in [0.4, 0.5) is 5.69 Å². The van der Waals surface area contributed by atoms with Crippen LogP contribution in [0.2, 0.25) is 0 Å². The SMILES string of the molecule is CC(C)CCC(=O)Nc1ccc(CCl)cc1. The number of benzene rings is 1. The Morgan fingerprint density at radius 2 is 1.94 bits per heavy atom. The van der Waals surface area contributed by atoms with Gasteiger partial charge in [-0.1, -0.05) is 26.0 Å². The van der Waals surface area contributed by atoms with Gasteiger partial charge in [-0.2, -0.15) is 0 Å². The molecule has 0 aliphatic heterocycles. The average molecular weight is 240 g/mol. The minimum atomic E-state index is 0.0762. The second-order valence-electron chi connectivity index (χ2n) is 4.31. The van der Waals surface area contributed by atoms with E-state index in [2.05, 4.69) is 19.2 Å². The minimum absolute atomic E-state index is 0.0762. The molecule has 3 heteroatoms. The van der Waals surface area contributed by atoms with Crippen molar-refractivity contribution in [3.8, 4) is 0 Å². The average Bonchev–Trinajstić information content (AvgIpc) is 2.27. The van der Waals surface area contributed by atoms with Crippen LogP contribution >= 0.6 is 11.6 Å². The highest BCUT2D eigenvalue weighted by atomic mass is 35.5. The van der Waals surface area contributed by atoms with E-state index in [1.54, 1.807) is 0 Å². The van der Waals surface area contributed by atoms with Gasteiger partial charge in [0.15, 0.2) is 0 Å². The molecule has 0 saturated carbocycles. The summed E-state index contributed by atoms with van der Waals surface area (Å²) in [5.74, 6) is 1.14. The second kappa shape index (κ2) is 6.54. The van der Waals surface area contributed by atoms with Crippen molar-refractivity contribution in [2.75, 3.05) is 5.32 Å². The van der Waals surface area contributed by atoms with Gasteiger partial charge in [0.1, 0.15) is 0 Å². The zero-order valence-electron chi connectivity index (χ0n) is 9.79. The van der Waals surface area contributed by atoms with E-state index in [0.717, 1.165) is 17.7 Å². The van der Waals surface area contributed by atoms with Crippen molar-refractivity contribution >= 4 is 23.2 Å². The molecule has 0 unspecified atom stereocenters. The molecule has 1 rings (SSSR count). The smallest absolute Gasteiger partial charge is 0.224 e. The van der Waals surface area contributed by atoms with Crippen LogP contribution in [0, 0.1) is 5.92 Å². The van der Waals surface area contributed by atoms with Gasteiger partial charge in [-0.05, 0) is 30.0 Å². The lowest BCUT2D eigenvalue weighted by Crippen LogP contribution is -2.12. The summed E-state index contributed by atoms with van der Waals surface area (Å²) >= 11 is 5.68. The summed E-state index contributed by atoms with van der Waals surface area (Å²) in [5.41, 5.74) is 1.89. The molecule has 2 nitrogen and oxygen atoms in total. The fourth-order valence-electron chi connectivity index (χ4n) is 1.32. The van der Waals surface area contributed by atoms with E-state index in [1.165, 1.54) is 0 Å². The first-order valence-electron chi connectivity index (χ1n) is 5.56. The van der Waals surface area contributed by atoms with Gasteiger partial charge in [0.25, 0.3) is 0 Å². The van der Waals surface area contributed by atoms with E-state index in [9.17, 15) is 4.79 Å². The molecule has 88 valence electrons. The lowest BCUT2D eigenvalue weighted by atomic mass is 10.1. The normalized spacial score (nSPS) is 10.5. The van der Waals surface area contributed by atoms with E-state index in [1.807, 2.05) is 24.3 Å². The van der Waals surface area contributed by atoms with Gasteiger partial charge in [-0.25, -0.2) is 0 Å². The van der Waals surface area contributed by atoms with Gasteiger partial charge in [0.2, 0.25) is 5.91 Å². The van der Waals surface area contributed by atoms with Crippen LogP contribution in [-0.4, -0.2) is 5.91 Å². The summed E-state index contributed by atoms with van der Waals surface area (Å²) in [6.45, 7) is 4.23. The number of rotatable bonds is 5. The van der Waals surface area contributed by atoms with Crippen LogP contribution < -0.4 is 5.32 Å². The number of nitrogens with one attached hydrogen (secondary N) is 1. The first kappa shape index (κ1) is 13.0. The molecule has 0 bridgehead atoms. The number of alkyl halides is 1. The number of amides is 1. The number of hydrogen-bond donors (Lipinski definition) is 1. The number of hydrogen-bond acceptors (Lipinski definition) is 1. The zero-order chi connectivity index (χ0) is 12.0. The molecule has 1 N–H and O–H groups in total. The third kappa shape index (κ3) is 4.67. The molecule has 1 aromatic carbocycles. The molecule has 1 amide bonds. The molecule has 0 aliphatic carbocycles. The third-order valence-corrected chi connectivity index (χ3v) is 2.65. The predicted octanol–water partition coefficient (Wildman–Crippen LogP) is 3.80. The molecular weight excluding hydrogens is 222 g/mol. The Balaban J connectivity index is 2.43. The van der Waals surface area contributed by atoms with E-state index in [4.69, 9.17) is 11.6 Å².